The normalized spacial score (nSPS) is 10.2. The molecule has 0 unspecified atom stereocenters. The molecule has 2 N–H and O–H groups in total. The number of nitrogens with zero attached hydrogens (tertiary/aromatic N) is 1. The first-order valence-electron chi connectivity index (χ1n) is 5.73. The van der Waals surface area contributed by atoms with Crippen molar-refractivity contribution in [2.45, 2.75) is 6.54 Å². The molecule has 0 saturated carbocycles. The van der Waals surface area contributed by atoms with Crippen molar-refractivity contribution in [3.8, 4) is 11.3 Å². The van der Waals surface area contributed by atoms with E-state index >= 15 is 0 Å². The molecule has 1 aromatic carbocycles. The topological polar surface area (TPSA) is 37.0 Å². The molecule has 3 nitrogen and oxygen atoms in total. The van der Waals surface area contributed by atoms with Crippen molar-refractivity contribution < 1.29 is 0 Å². The van der Waals surface area contributed by atoms with Crippen molar-refractivity contribution in [3.05, 3.63) is 48.0 Å². The number of rotatable bonds is 4. The zero-order chi connectivity index (χ0) is 12.1. The summed E-state index contributed by atoms with van der Waals surface area (Å²) in [6.45, 7) is 0.849. The molecular weight excluding hydrogens is 210 g/mol. The fourth-order valence-electron chi connectivity index (χ4n) is 1.84. The van der Waals surface area contributed by atoms with Crippen LogP contribution in [0.3, 0.4) is 0 Å². The van der Waals surface area contributed by atoms with E-state index in [1.807, 2.05) is 38.4 Å². The Morgan fingerprint density at radius 1 is 1.00 bits per heavy atom. The fourth-order valence-corrected chi connectivity index (χ4v) is 1.84. The summed E-state index contributed by atoms with van der Waals surface area (Å²) in [5.74, 6) is 0.891. The molecule has 0 bridgehead atoms. The van der Waals surface area contributed by atoms with Gasteiger partial charge in [-0.15, -0.1) is 0 Å². The maximum absolute atomic E-state index is 4.57. The number of hydrogen-bond donors (Lipinski definition) is 2. The van der Waals surface area contributed by atoms with Gasteiger partial charge in [-0.3, -0.25) is 0 Å². The molecular formula is C14H17N3. The van der Waals surface area contributed by atoms with Crippen molar-refractivity contribution in [2.24, 2.45) is 0 Å². The van der Waals surface area contributed by atoms with Crippen molar-refractivity contribution in [3.63, 3.8) is 0 Å². The molecule has 1 aromatic heterocycles. The van der Waals surface area contributed by atoms with Crippen LogP contribution in [-0.2, 0) is 6.54 Å². The molecule has 3 heteroatoms. The molecule has 0 aliphatic rings. The lowest BCUT2D eigenvalue weighted by Crippen LogP contribution is -2.06. The third-order valence-electron chi connectivity index (χ3n) is 2.67. The molecule has 1 heterocycles. The monoisotopic (exact) mass is 227 g/mol. The second kappa shape index (κ2) is 5.46. The molecule has 2 rings (SSSR count). The highest BCUT2D eigenvalue weighted by atomic mass is 15.0. The Labute approximate surface area is 102 Å². The van der Waals surface area contributed by atoms with E-state index in [0.29, 0.717) is 0 Å². The Morgan fingerprint density at radius 2 is 1.82 bits per heavy atom. The number of nitrogens with one attached hydrogen (secondary N) is 2. The fraction of sp³-hybridized carbons (Fsp3) is 0.214. The maximum Gasteiger partial charge on any atom is 0.126 e. The molecule has 0 spiro atoms. The number of pyridine rings is 1. The molecule has 0 fully saturated rings. The molecule has 0 aliphatic heterocycles. The predicted octanol–water partition coefficient (Wildman–Crippen LogP) is 2.51. The van der Waals surface area contributed by atoms with Crippen molar-refractivity contribution in [1.29, 1.82) is 0 Å². The predicted molar refractivity (Wildman–Crippen MR) is 72.0 cm³/mol. The molecule has 0 saturated heterocycles. The van der Waals surface area contributed by atoms with E-state index in [0.717, 1.165) is 18.1 Å². The van der Waals surface area contributed by atoms with E-state index in [2.05, 4.69) is 33.8 Å². The van der Waals surface area contributed by atoms with Crippen molar-refractivity contribution >= 4 is 5.82 Å². The molecule has 0 atom stereocenters. The van der Waals surface area contributed by atoms with E-state index in [1.165, 1.54) is 11.1 Å². The number of anilines is 1. The van der Waals surface area contributed by atoms with Crippen LogP contribution in [-0.4, -0.2) is 19.1 Å². The van der Waals surface area contributed by atoms with Crippen LogP contribution in [0, 0.1) is 0 Å². The summed E-state index contributed by atoms with van der Waals surface area (Å²) < 4.78 is 0. The van der Waals surface area contributed by atoms with Gasteiger partial charge in [-0.1, -0.05) is 30.3 Å². The second-order valence-corrected chi connectivity index (χ2v) is 3.85. The van der Waals surface area contributed by atoms with Crippen LogP contribution in [0.25, 0.3) is 11.3 Å². The Balaban J connectivity index is 2.44. The molecule has 0 radical (unpaired) electrons. The van der Waals surface area contributed by atoms with Gasteiger partial charge in [-0.2, -0.15) is 0 Å². The van der Waals surface area contributed by atoms with Crippen LogP contribution in [0.2, 0.25) is 0 Å². The number of hydrogen-bond acceptors (Lipinski definition) is 3. The summed E-state index contributed by atoms with van der Waals surface area (Å²) >= 11 is 0. The average Bonchev–Trinajstić information content (AvgIpc) is 2.40. The van der Waals surface area contributed by atoms with Gasteiger partial charge in [-0.25, -0.2) is 4.98 Å². The minimum absolute atomic E-state index is 0.849. The van der Waals surface area contributed by atoms with E-state index in [1.54, 1.807) is 0 Å². The molecule has 88 valence electrons. The van der Waals surface area contributed by atoms with Crippen LogP contribution < -0.4 is 10.6 Å². The minimum Gasteiger partial charge on any atom is -0.373 e. The lowest BCUT2D eigenvalue weighted by molar-refractivity contribution is 0.819. The van der Waals surface area contributed by atoms with Crippen LogP contribution in [0.1, 0.15) is 5.56 Å². The van der Waals surface area contributed by atoms with Gasteiger partial charge in [-0.05, 0) is 24.7 Å². The van der Waals surface area contributed by atoms with E-state index in [4.69, 9.17) is 0 Å². The standard InChI is InChI=1S/C14H17N3/c1-15-10-11-6-3-4-7-12(11)13-8-5-9-14(16-2)17-13/h3-9,15H,10H2,1-2H3,(H,16,17). The first-order chi connectivity index (χ1) is 8.35. The highest BCUT2D eigenvalue weighted by Gasteiger charge is 2.05. The smallest absolute Gasteiger partial charge is 0.126 e. The average molecular weight is 227 g/mol. The molecule has 0 aliphatic carbocycles. The molecule has 2 aromatic rings. The third kappa shape index (κ3) is 2.63. The van der Waals surface area contributed by atoms with Crippen LogP contribution in [0.5, 0.6) is 0 Å². The first kappa shape index (κ1) is 11.6. The zero-order valence-corrected chi connectivity index (χ0v) is 10.2. The highest BCUT2D eigenvalue weighted by molar-refractivity contribution is 5.65. The first-order valence-corrected chi connectivity index (χ1v) is 5.73. The van der Waals surface area contributed by atoms with Crippen LogP contribution in [0.15, 0.2) is 42.5 Å². The summed E-state index contributed by atoms with van der Waals surface area (Å²) in [4.78, 5) is 4.57. The van der Waals surface area contributed by atoms with Gasteiger partial charge in [0.05, 0.1) is 5.69 Å². The number of benzene rings is 1. The van der Waals surface area contributed by atoms with Gasteiger partial charge >= 0.3 is 0 Å². The van der Waals surface area contributed by atoms with Crippen molar-refractivity contribution in [2.75, 3.05) is 19.4 Å². The molecule has 17 heavy (non-hydrogen) atoms. The highest BCUT2D eigenvalue weighted by Crippen LogP contribution is 2.22. The summed E-state index contributed by atoms with van der Waals surface area (Å²) in [6.07, 6.45) is 0. The van der Waals surface area contributed by atoms with Gasteiger partial charge < -0.3 is 10.6 Å². The number of aromatic nitrogens is 1. The minimum atomic E-state index is 0.849. The summed E-state index contributed by atoms with van der Waals surface area (Å²) in [5, 5.41) is 6.24. The summed E-state index contributed by atoms with van der Waals surface area (Å²) in [5.41, 5.74) is 3.44. The zero-order valence-electron chi connectivity index (χ0n) is 10.2. The SMILES string of the molecule is CNCc1ccccc1-c1cccc(NC)n1. The Morgan fingerprint density at radius 3 is 2.59 bits per heavy atom. The Kier molecular flexibility index (Phi) is 3.73. The summed E-state index contributed by atoms with van der Waals surface area (Å²) in [7, 11) is 3.83. The lowest BCUT2D eigenvalue weighted by Gasteiger charge is -2.09. The largest absolute Gasteiger partial charge is 0.373 e. The van der Waals surface area contributed by atoms with E-state index in [9.17, 15) is 0 Å². The third-order valence-corrected chi connectivity index (χ3v) is 2.67. The van der Waals surface area contributed by atoms with Gasteiger partial charge in [0.25, 0.3) is 0 Å². The maximum atomic E-state index is 4.57. The van der Waals surface area contributed by atoms with E-state index < -0.39 is 0 Å². The second-order valence-electron chi connectivity index (χ2n) is 3.85. The van der Waals surface area contributed by atoms with Crippen LogP contribution >= 0.6 is 0 Å². The Hall–Kier alpha value is -1.87. The van der Waals surface area contributed by atoms with Gasteiger partial charge in [0.2, 0.25) is 0 Å². The van der Waals surface area contributed by atoms with Crippen molar-refractivity contribution in [1.82, 2.24) is 10.3 Å². The quantitative estimate of drug-likeness (QED) is 0.842. The van der Waals surface area contributed by atoms with Gasteiger partial charge in [0.1, 0.15) is 5.82 Å². The van der Waals surface area contributed by atoms with Gasteiger partial charge in [0, 0.05) is 19.2 Å². The van der Waals surface area contributed by atoms with Gasteiger partial charge in [0.15, 0.2) is 0 Å². The lowest BCUT2D eigenvalue weighted by atomic mass is 10.0. The summed E-state index contributed by atoms with van der Waals surface area (Å²) in [6, 6.07) is 14.3. The Bertz CT molecular complexity index is 494. The molecule has 0 amide bonds. The van der Waals surface area contributed by atoms with Crippen LogP contribution in [0.4, 0.5) is 5.82 Å². The van der Waals surface area contributed by atoms with E-state index in [-0.39, 0.29) is 0 Å².